The average molecular weight is 397 g/mol. The molecule has 2 atom stereocenters. The summed E-state index contributed by atoms with van der Waals surface area (Å²) in [4.78, 5) is 22.6. The average Bonchev–Trinajstić information content (AvgIpc) is 3.44. The first-order chi connectivity index (χ1) is 14.1. The maximum absolute atomic E-state index is 12.5. The molecule has 0 radical (unpaired) electrons. The van der Waals surface area contributed by atoms with Gasteiger partial charge in [0.15, 0.2) is 0 Å². The van der Waals surface area contributed by atoms with Gasteiger partial charge in [0.25, 0.3) is 0 Å². The molecule has 4 rings (SSSR count). The Morgan fingerprint density at radius 3 is 2.97 bits per heavy atom. The lowest BCUT2D eigenvalue weighted by atomic mass is 10.0. The normalized spacial score (nSPS) is 19.0. The van der Waals surface area contributed by atoms with Crippen LogP contribution >= 0.6 is 0 Å². The molecule has 3 aromatic rings. The highest BCUT2D eigenvalue weighted by Crippen LogP contribution is 2.23. The molecule has 0 bridgehead atoms. The number of aliphatic hydroxyl groups is 1. The van der Waals surface area contributed by atoms with Crippen LogP contribution in [0.15, 0.2) is 39.6 Å². The smallest absolute Gasteiger partial charge is 0.226 e. The van der Waals surface area contributed by atoms with Gasteiger partial charge in [-0.2, -0.15) is 4.98 Å². The number of likely N-dealkylation sites (tertiary alicyclic amines) is 1. The van der Waals surface area contributed by atoms with E-state index >= 15 is 0 Å². The Balaban J connectivity index is 1.24. The fourth-order valence-corrected chi connectivity index (χ4v) is 3.55. The van der Waals surface area contributed by atoms with E-state index in [9.17, 15) is 9.90 Å². The van der Waals surface area contributed by atoms with Crippen molar-refractivity contribution in [3.63, 3.8) is 0 Å². The maximum atomic E-state index is 12.5. The van der Waals surface area contributed by atoms with Crippen molar-refractivity contribution in [1.82, 2.24) is 25.2 Å². The molecule has 4 heterocycles. The topological polar surface area (TPSA) is 118 Å². The number of nitrogens with zero attached hydrogens (tertiary/aromatic N) is 5. The van der Waals surface area contributed by atoms with Gasteiger partial charge in [0.05, 0.1) is 11.8 Å². The van der Waals surface area contributed by atoms with E-state index in [1.54, 1.807) is 17.3 Å². The van der Waals surface area contributed by atoms with Crippen LogP contribution in [0.2, 0.25) is 0 Å². The molecule has 0 spiro atoms. The number of β-amino-alcohol motifs (C(OH)–C–C–N with tert-alkyl or cyclic N) is 1. The summed E-state index contributed by atoms with van der Waals surface area (Å²) in [7, 11) is 0. The van der Waals surface area contributed by atoms with Crippen molar-refractivity contribution in [3.05, 3.63) is 47.9 Å². The molecule has 1 N–H and O–H groups in total. The summed E-state index contributed by atoms with van der Waals surface area (Å²) in [6.07, 6.45) is 4.87. The van der Waals surface area contributed by atoms with Crippen LogP contribution in [0.4, 0.5) is 0 Å². The molecule has 1 fully saturated rings. The van der Waals surface area contributed by atoms with Crippen LogP contribution < -0.4 is 0 Å². The van der Waals surface area contributed by atoms with Gasteiger partial charge in [-0.25, -0.2) is 0 Å². The highest BCUT2D eigenvalue weighted by Gasteiger charge is 2.34. The van der Waals surface area contributed by atoms with Crippen LogP contribution in [-0.2, 0) is 17.6 Å². The summed E-state index contributed by atoms with van der Waals surface area (Å²) >= 11 is 0. The van der Waals surface area contributed by atoms with E-state index < -0.39 is 6.10 Å². The molecule has 29 heavy (non-hydrogen) atoms. The third-order valence-corrected chi connectivity index (χ3v) is 5.07. The lowest BCUT2D eigenvalue weighted by Crippen LogP contribution is -2.29. The molecule has 9 heteroatoms. The van der Waals surface area contributed by atoms with Crippen molar-refractivity contribution >= 4 is 5.91 Å². The van der Waals surface area contributed by atoms with E-state index in [4.69, 9.17) is 9.05 Å². The summed E-state index contributed by atoms with van der Waals surface area (Å²) in [5.74, 6) is 1.71. The molecule has 3 aromatic heterocycles. The summed E-state index contributed by atoms with van der Waals surface area (Å²) in [6.45, 7) is 2.73. The van der Waals surface area contributed by atoms with Gasteiger partial charge >= 0.3 is 0 Å². The Labute approximate surface area is 167 Å². The van der Waals surface area contributed by atoms with Gasteiger partial charge in [0, 0.05) is 62.3 Å². The maximum Gasteiger partial charge on any atom is 0.226 e. The minimum absolute atomic E-state index is 0.0206. The van der Waals surface area contributed by atoms with Crippen LogP contribution in [0.25, 0.3) is 11.4 Å². The van der Waals surface area contributed by atoms with Gasteiger partial charge in [0.1, 0.15) is 5.76 Å². The highest BCUT2D eigenvalue weighted by atomic mass is 16.5. The van der Waals surface area contributed by atoms with Crippen molar-refractivity contribution in [3.8, 4) is 11.4 Å². The highest BCUT2D eigenvalue weighted by molar-refractivity contribution is 5.76. The van der Waals surface area contributed by atoms with Crippen LogP contribution in [0.3, 0.4) is 0 Å². The number of hydrogen-bond donors (Lipinski definition) is 1. The number of aryl methyl sites for hydroxylation is 2. The van der Waals surface area contributed by atoms with Crippen LogP contribution in [0, 0.1) is 12.8 Å². The molecule has 0 unspecified atom stereocenters. The monoisotopic (exact) mass is 397 g/mol. The predicted octanol–water partition coefficient (Wildman–Crippen LogP) is 1.81. The largest absolute Gasteiger partial charge is 0.391 e. The fourth-order valence-electron chi connectivity index (χ4n) is 3.55. The van der Waals surface area contributed by atoms with Gasteiger partial charge < -0.3 is 19.1 Å². The Kier molecular flexibility index (Phi) is 5.66. The second-order valence-electron chi connectivity index (χ2n) is 7.37. The Bertz CT molecular complexity index is 955. The molecule has 0 aliphatic carbocycles. The number of hydrogen-bond acceptors (Lipinski definition) is 8. The standard InChI is InChI=1S/C20H23N5O4/c1-13-8-16(28-23-13)9-15-11-25(12-17(15)26)19(27)6-2-5-18-22-20(24-29-18)14-4-3-7-21-10-14/h3-4,7-8,10,15,17,26H,2,5-6,9,11-12H2,1H3/t15-,17+/m1/s1. The molecule has 1 aliphatic heterocycles. The summed E-state index contributed by atoms with van der Waals surface area (Å²) in [5, 5.41) is 18.1. The van der Waals surface area contributed by atoms with Crippen LogP contribution in [0.1, 0.15) is 30.2 Å². The first kappa shape index (κ1) is 19.3. The number of carbonyl (C=O) groups excluding carboxylic acids is 1. The minimum Gasteiger partial charge on any atom is -0.391 e. The van der Waals surface area contributed by atoms with E-state index in [0.29, 0.717) is 50.5 Å². The van der Waals surface area contributed by atoms with E-state index in [1.165, 1.54) is 0 Å². The second kappa shape index (κ2) is 8.52. The summed E-state index contributed by atoms with van der Waals surface area (Å²) in [5.41, 5.74) is 1.60. The Hall–Kier alpha value is -3.07. The van der Waals surface area contributed by atoms with Gasteiger partial charge in [-0.3, -0.25) is 9.78 Å². The number of rotatable bonds is 7. The van der Waals surface area contributed by atoms with Crippen LogP contribution in [-0.4, -0.2) is 55.4 Å². The SMILES string of the molecule is Cc1cc(C[C@@H]2CN(C(=O)CCCc3nc(-c4cccnc4)no3)C[C@@H]2O)on1. The molecule has 0 saturated carbocycles. The van der Waals surface area contributed by atoms with E-state index in [1.807, 2.05) is 25.1 Å². The van der Waals surface area contributed by atoms with Gasteiger partial charge in [-0.05, 0) is 25.5 Å². The quantitative estimate of drug-likeness (QED) is 0.641. The zero-order chi connectivity index (χ0) is 20.2. The number of aliphatic hydroxyl groups excluding tert-OH is 1. The molecule has 0 aromatic carbocycles. The van der Waals surface area contributed by atoms with Crippen molar-refractivity contribution in [2.75, 3.05) is 13.1 Å². The molecule has 1 amide bonds. The number of aromatic nitrogens is 4. The first-order valence-electron chi connectivity index (χ1n) is 9.69. The molecule has 152 valence electrons. The zero-order valence-electron chi connectivity index (χ0n) is 16.2. The molecule has 1 saturated heterocycles. The number of amides is 1. The summed E-state index contributed by atoms with van der Waals surface area (Å²) < 4.78 is 10.5. The third kappa shape index (κ3) is 4.68. The molecular formula is C20H23N5O4. The first-order valence-corrected chi connectivity index (χ1v) is 9.69. The second-order valence-corrected chi connectivity index (χ2v) is 7.37. The van der Waals surface area contributed by atoms with Gasteiger partial charge in [0.2, 0.25) is 17.6 Å². The lowest BCUT2D eigenvalue weighted by molar-refractivity contribution is -0.130. The number of pyridine rings is 1. The van der Waals surface area contributed by atoms with Crippen LogP contribution in [0.5, 0.6) is 0 Å². The Morgan fingerprint density at radius 2 is 2.21 bits per heavy atom. The number of carbonyl (C=O) groups is 1. The summed E-state index contributed by atoms with van der Waals surface area (Å²) in [6, 6.07) is 5.53. The van der Waals surface area contributed by atoms with Gasteiger partial charge in [-0.15, -0.1) is 0 Å². The van der Waals surface area contributed by atoms with E-state index in [2.05, 4.69) is 20.3 Å². The van der Waals surface area contributed by atoms with Crippen molar-refractivity contribution in [2.45, 2.75) is 38.7 Å². The van der Waals surface area contributed by atoms with Crippen molar-refractivity contribution in [2.24, 2.45) is 5.92 Å². The van der Waals surface area contributed by atoms with E-state index in [-0.39, 0.29) is 11.8 Å². The third-order valence-electron chi connectivity index (χ3n) is 5.07. The lowest BCUT2D eigenvalue weighted by Gasteiger charge is -2.15. The molecule has 9 nitrogen and oxygen atoms in total. The minimum atomic E-state index is -0.553. The van der Waals surface area contributed by atoms with Gasteiger partial charge in [-0.1, -0.05) is 10.3 Å². The molecular weight excluding hydrogens is 374 g/mol. The predicted molar refractivity (Wildman–Crippen MR) is 101 cm³/mol. The molecule has 1 aliphatic rings. The zero-order valence-corrected chi connectivity index (χ0v) is 16.2. The fraction of sp³-hybridized carbons (Fsp3) is 0.450. The van der Waals surface area contributed by atoms with Crippen molar-refractivity contribution in [1.29, 1.82) is 0 Å². The van der Waals surface area contributed by atoms with Crippen molar-refractivity contribution < 1.29 is 18.9 Å². The van der Waals surface area contributed by atoms with E-state index in [0.717, 1.165) is 17.0 Å². The Morgan fingerprint density at radius 1 is 1.31 bits per heavy atom.